The number of hydrogen-bond acceptors (Lipinski definition) is 6. The lowest BCUT2D eigenvalue weighted by Crippen LogP contribution is -2.46. The predicted molar refractivity (Wildman–Crippen MR) is 107 cm³/mol. The molecule has 2 N–H and O–H groups in total. The van der Waals surface area contributed by atoms with Crippen LogP contribution in [-0.2, 0) is 16.0 Å². The van der Waals surface area contributed by atoms with Gasteiger partial charge >= 0.3 is 12.4 Å². The van der Waals surface area contributed by atoms with Gasteiger partial charge in [-0.25, -0.2) is 4.79 Å². The van der Waals surface area contributed by atoms with E-state index in [2.05, 4.69) is 15.4 Å². The number of rotatable bonds is 6. The molecule has 2 aromatic rings. The summed E-state index contributed by atoms with van der Waals surface area (Å²) in [5.74, 6) is -0.615. The summed E-state index contributed by atoms with van der Waals surface area (Å²) in [6.45, 7) is 1.09. The second kappa shape index (κ2) is 8.19. The number of carbonyl (C=O) groups excluding carboxylic acids is 3. The zero-order valence-electron chi connectivity index (χ0n) is 17.2. The van der Waals surface area contributed by atoms with Crippen molar-refractivity contribution in [3.63, 3.8) is 0 Å². The van der Waals surface area contributed by atoms with Crippen LogP contribution in [0.25, 0.3) is 0 Å². The number of amides is 4. The number of fused-ring (bicyclic) bond motifs is 1. The van der Waals surface area contributed by atoms with Crippen molar-refractivity contribution < 1.29 is 41.8 Å². The first kappa shape index (κ1) is 22.2. The Bertz CT molecular complexity index is 1110. The molecule has 2 aliphatic heterocycles. The number of hydrogen-bond donors (Lipinski definition) is 2. The van der Waals surface area contributed by atoms with E-state index in [-0.39, 0.29) is 18.9 Å². The summed E-state index contributed by atoms with van der Waals surface area (Å²) in [5.41, 5.74) is -0.380. The fourth-order valence-electron chi connectivity index (χ4n) is 3.55. The lowest BCUT2D eigenvalue weighted by Gasteiger charge is -2.22. The van der Waals surface area contributed by atoms with E-state index >= 15 is 0 Å². The van der Waals surface area contributed by atoms with Gasteiger partial charge in [0.1, 0.15) is 17.8 Å². The summed E-state index contributed by atoms with van der Waals surface area (Å²) in [7, 11) is 0. The number of benzene rings is 2. The second-order valence-corrected chi connectivity index (χ2v) is 7.64. The molecular weight excluding hydrogens is 447 g/mol. The van der Waals surface area contributed by atoms with Crippen molar-refractivity contribution in [1.29, 1.82) is 0 Å². The van der Waals surface area contributed by atoms with Crippen molar-refractivity contribution in [1.82, 2.24) is 10.2 Å². The topological polar surface area (TPSA) is 106 Å². The van der Waals surface area contributed by atoms with Crippen molar-refractivity contribution in [2.75, 3.05) is 18.7 Å². The summed E-state index contributed by atoms with van der Waals surface area (Å²) < 4.78 is 51.0. The maximum Gasteiger partial charge on any atom is 0.573 e. The lowest BCUT2D eigenvalue weighted by molar-refractivity contribution is -0.274. The minimum Gasteiger partial charge on any atom is -0.454 e. The molecule has 2 aliphatic rings. The number of anilines is 1. The summed E-state index contributed by atoms with van der Waals surface area (Å²) in [6.07, 6.45) is -4.67. The Morgan fingerprint density at radius 1 is 1.15 bits per heavy atom. The molecule has 0 bridgehead atoms. The van der Waals surface area contributed by atoms with E-state index in [1.54, 1.807) is 25.1 Å². The molecule has 1 atom stereocenters. The van der Waals surface area contributed by atoms with Crippen LogP contribution in [0.2, 0.25) is 0 Å². The molecule has 33 heavy (non-hydrogen) atoms. The highest BCUT2D eigenvalue weighted by Crippen LogP contribution is 2.34. The predicted octanol–water partition coefficient (Wildman–Crippen LogP) is 2.81. The van der Waals surface area contributed by atoms with Gasteiger partial charge in [0, 0.05) is 12.1 Å². The van der Waals surface area contributed by atoms with Crippen molar-refractivity contribution in [2.24, 2.45) is 0 Å². The molecule has 0 radical (unpaired) electrons. The van der Waals surface area contributed by atoms with Gasteiger partial charge in [0.15, 0.2) is 11.5 Å². The van der Waals surface area contributed by atoms with Gasteiger partial charge in [-0.05, 0) is 48.9 Å². The highest BCUT2D eigenvalue weighted by molar-refractivity contribution is 6.10. The van der Waals surface area contributed by atoms with E-state index in [1.165, 1.54) is 12.1 Å². The Balaban J connectivity index is 1.37. The molecule has 0 saturated carbocycles. The molecule has 9 nitrogen and oxygen atoms in total. The Hall–Kier alpha value is -3.96. The summed E-state index contributed by atoms with van der Waals surface area (Å²) in [5, 5.41) is 5.03. The first-order valence-electron chi connectivity index (χ1n) is 9.71. The van der Waals surface area contributed by atoms with Crippen LogP contribution in [0, 0.1) is 0 Å². The molecule has 0 spiro atoms. The van der Waals surface area contributed by atoms with Crippen LogP contribution < -0.4 is 24.8 Å². The molecule has 0 aromatic heterocycles. The lowest BCUT2D eigenvalue weighted by atomic mass is 9.92. The molecule has 1 fully saturated rings. The molecular formula is C21H18F3N3O6. The van der Waals surface area contributed by atoms with Crippen LogP contribution in [-0.4, -0.2) is 48.0 Å². The highest BCUT2D eigenvalue weighted by atomic mass is 19.4. The number of imide groups is 1. The van der Waals surface area contributed by atoms with E-state index in [0.717, 1.165) is 22.6 Å². The number of nitrogens with one attached hydrogen (secondary N) is 2. The standard InChI is InChI=1S/C21H18F3N3O6/c1-20(9-12-2-7-15-16(8-12)32-11-31-15)18(29)27(19(30)26-20)10-17(28)25-13-3-5-14(6-4-13)33-21(22,23)24/h2-8H,9-11H2,1H3,(H,25,28)(H,26,30). The van der Waals surface area contributed by atoms with Gasteiger partial charge in [-0.15, -0.1) is 13.2 Å². The van der Waals surface area contributed by atoms with Gasteiger partial charge in [0.2, 0.25) is 12.7 Å². The van der Waals surface area contributed by atoms with Crippen molar-refractivity contribution in [2.45, 2.75) is 25.2 Å². The second-order valence-electron chi connectivity index (χ2n) is 7.64. The first-order chi connectivity index (χ1) is 15.5. The number of ether oxygens (including phenoxy) is 3. The van der Waals surface area contributed by atoms with E-state index in [1.807, 2.05) is 0 Å². The number of nitrogens with zero attached hydrogens (tertiary/aromatic N) is 1. The zero-order chi connectivity index (χ0) is 23.8. The molecule has 1 saturated heterocycles. The zero-order valence-corrected chi connectivity index (χ0v) is 17.2. The molecule has 4 amide bonds. The van der Waals surface area contributed by atoms with Crippen LogP contribution >= 0.6 is 0 Å². The van der Waals surface area contributed by atoms with E-state index in [4.69, 9.17) is 9.47 Å². The van der Waals surface area contributed by atoms with Crippen LogP contribution in [0.1, 0.15) is 12.5 Å². The molecule has 2 aromatic carbocycles. The fraction of sp³-hybridized carbons (Fsp3) is 0.286. The van der Waals surface area contributed by atoms with Crippen molar-refractivity contribution >= 4 is 23.5 Å². The monoisotopic (exact) mass is 465 g/mol. The van der Waals surface area contributed by atoms with Gasteiger partial charge in [-0.2, -0.15) is 0 Å². The van der Waals surface area contributed by atoms with E-state index < -0.39 is 42.0 Å². The van der Waals surface area contributed by atoms with Gasteiger partial charge in [0.25, 0.3) is 5.91 Å². The average Bonchev–Trinajstić information content (AvgIpc) is 3.26. The number of carbonyl (C=O) groups is 3. The average molecular weight is 465 g/mol. The molecule has 4 rings (SSSR count). The Morgan fingerprint density at radius 2 is 1.85 bits per heavy atom. The summed E-state index contributed by atoms with van der Waals surface area (Å²) in [4.78, 5) is 38.4. The van der Waals surface area contributed by atoms with Crippen LogP contribution in [0.15, 0.2) is 42.5 Å². The maximum absolute atomic E-state index is 12.9. The molecule has 0 aliphatic carbocycles. The third-order valence-electron chi connectivity index (χ3n) is 5.01. The van der Waals surface area contributed by atoms with Crippen LogP contribution in [0.4, 0.5) is 23.7 Å². The minimum atomic E-state index is -4.83. The maximum atomic E-state index is 12.9. The number of alkyl halides is 3. The Morgan fingerprint density at radius 3 is 2.55 bits per heavy atom. The smallest absolute Gasteiger partial charge is 0.454 e. The van der Waals surface area contributed by atoms with Crippen LogP contribution in [0.3, 0.4) is 0 Å². The van der Waals surface area contributed by atoms with Gasteiger partial charge in [0.05, 0.1) is 0 Å². The van der Waals surface area contributed by atoms with E-state index in [0.29, 0.717) is 11.5 Å². The fourth-order valence-corrected chi connectivity index (χ4v) is 3.55. The first-order valence-corrected chi connectivity index (χ1v) is 9.71. The van der Waals surface area contributed by atoms with Crippen molar-refractivity contribution in [3.8, 4) is 17.2 Å². The molecule has 1 unspecified atom stereocenters. The summed E-state index contributed by atoms with van der Waals surface area (Å²) in [6, 6.07) is 8.90. The summed E-state index contributed by atoms with van der Waals surface area (Å²) >= 11 is 0. The largest absolute Gasteiger partial charge is 0.573 e. The Labute approximate surface area is 185 Å². The molecule has 174 valence electrons. The number of urea groups is 1. The van der Waals surface area contributed by atoms with Gasteiger partial charge in [-0.1, -0.05) is 6.07 Å². The minimum absolute atomic E-state index is 0.104. The third kappa shape index (κ3) is 4.94. The quantitative estimate of drug-likeness (QED) is 0.636. The number of halogens is 3. The van der Waals surface area contributed by atoms with Gasteiger partial charge in [-0.3, -0.25) is 14.5 Å². The van der Waals surface area contributed by atoms with Gasteiger partial charge < -0.3 is 24.8 Å². The SMILES string of the molecule is CC1(Cc2ccc3c(c2)OCO3)NC(=O)N(CC(=O)Nc2ccc(OC(F)(F)F)cc2)C1=O. The highest BCUT2D eigenvalue weighted by Gasteiger charge is 2.48. The third-order valence-corrected chi connectivity index (χ3v) is 5.01. The molecule has 2 heterocycles. The van der Waals surface area contributed by atoms with E-state index in [9.17, 15) is 27.6 Å². The van der Waals surface area contributed by atoms with Crippen LogP contribution in [0.5, 0.6) is 17.2 Å². The van der Waals surface area contributed by atoms with Crippen molar-refractivity contribution in [3.05, 3.63) is 48.0 Å². The Kier molecular flexibility index (Phi) is 5.52. The normalized spacial score (nSPS) is 19.5. The molecule has 12 heteroatoms.